The smallest absolute Gasteiger partial charge is 0.227 e. The van der Waals surface area contributed by atoms with Crippen LogP contribution in [0.3, 0.4) is 0 Å². The number of pyridine rings is 1. The number of aromatic nitrogens is 1. The number of furan rings is 1. The molecule has 0 saturated carbocycles. The van der Waals surface area contributed by atoms with Gasteiger partial charge in [-0.25, -0.2) is 4.98 Å². The van der Waals surface area contributed by atoms with Crippen molar-refractivity contribution in [2.75, 3.05) is 4.90 Å². The molecule has 0 bridgehead atoms. The van der Waals surface area contributed by atoms with Gasteiger partial charge < -0.3 is 9.32 Å². The number of para-hydroxylation sites is 1. The molecule has 0 fully saturated rings. The largest absolute Gasteiger partial charge is 0.438 e. The molecule has 2 heterocycles. The van der Waals surface area contributed by atoms with E-state index in [1.54, 1.807) is 0 Å². The minimum Gasteiger partial charge on any atom is -0.438 e. The number of fused-ring (bicyclic) bond motifs is 5. The van der Waals surface area contributed by atoms with Gasteiger partial charge in [0.15, 0.2) is 0 Å². The third-order valence-corrected chi connectivity index (χ3v) is 10.1. The van der Waals surface area contributed by atoms with Crippen molar-refractivity contribution in [2.24, 2.45) is 0 Å². The Bertz CT molecular complexity index is 2880. The van der Waals surface area contributed by atoms with Gasteiger partial charge in [0.05, 0.1) is 22.0 Å². The molecule has 0 radical (unpaired) electrons. The Morgan fingerprint density at radius 2 is 1.04 bits per heavy atom. The summed E-state index contributed by atoms with van der Waals surface area (Å²) < 4.78 is 6.44. The molecular weight excluding hydrogens is 633 g/mol. The van der Waals surface area contributed by atoms with Crippen LogP contribution in [0.2, 0.25) is 0 Å². The fraction of sp³-hybridized carbons (Fsp3) is 0. The Morgan fingerprint density at radius 1 is 0.423 bits per heavy atom. The lowest BCUT2D eigenvalue weighted by atomic mass is 9.89. The van der Waals surface area contributed by atoms with Crippen molar-refractivity contribution in [3.8, 4) is 33.4 Å². The Labute approximate surface area is 301 Å². The third-order valence-electron chi connectivity index (χ3n) is 10.1. The zero-order valence-electron chi connectivity index (χ0n) is 28.3. The van der Waals surface area contributed by atoms with Gasteiger partial charge in [-0.2, -0.15) is 0 Å². The summed E-state index contributed by atoms with van der Waals surface area (Å²) in [6.45, 7) is 0. The molecule has 0 atom stereocenters. The van der Waals surface area contributed by atoms with Crippen LogP contribution >= 0.6 is 0 Å². The highest BCUT2D eigenvalue weighted by Crippen LogP contribution is 2.45. The summed E-state index contributed by atoms with van der Waals surface area (Å²) in [7, 11) is 0. The molecule has 0 aliphatic carbocycles. The van der Waals surface area contributed by atoms with Crippen LogP contribution in [-0.4, -0.2) is 4.98 Å². The average Bonchev–Trinajstić information content (AvgIpc) is 3.59. The second-order valence-electron chi connectivity index (χ2n) is 13.2. The van der Waals surface area contributed by atoms with Crippen LogP contribution in [0.15, 0.2) is 199 Å². The van der Waals surface area contributed by atoms with Gasteiger partial charge in [-0.3, -0.25) is 0 Å². The topological polar surface area (TPSA) is 29.3 Å². The number of rotatable bonds is 6. The number of benzene rings is 8. The SMILES string of the molecule is c1ccc(-c2ccc(N(c3ccc(-c4c(-c5ccccc5)ccc5ccccc45)cc3)c3cccc4oc5nc6ccccc6cc5c34)cc2)cc1. The lowest BCUT2D eigenvalue weighted by Gasteiger charge is -2.27. The summed E-state index contributed by atoms with van der Waals surface area (Å²) in [5, 5.41) is 5.57. The molecule has 10 aromatic rings. The van der Waals surface area contributed by atoms with Gasteiger partial charge in [0.2, 0.25) is 5.71 Å². The quantitative estimate of drug-likeness (QED) is 0.177. The summed E-state index contributed by atoms with van der Waals surface area (Å²) in [4.78, 5) is 7.26. The Balaban J connectivity index is 1.17. The van der Waals surface area contributed by atoms with Gasteiger partial charge in [-0.15, -0.1) is 0 Å². The number of hydrogen-bond acceptors (Lipinski definition) is 3. The Hall–Kier alpha value is -6.97. The molecule has 244 valence electrons. The lowest BCUT2D eigenvalue weighted by Crippen LogP contribution is -2.10. The number of nitrogens with zero attached hydrogens (tertiary/aromatic N) is 2. The summed E-state index contributed by atoms with van der Waals surface area (Å²) in [6.07, 6.45) is 0. The monoisotopic (exact) mass is 664 g/mol. The first-order valence-corrected chi connectivity index (χ1v) is 17.6. The van der Waals surface area contributed by atoms with Gasteiger partial charge in [-0.05, 0) is 92.7 Å². The highest BCUT2D eigenvalue weighted by atomic mass is 16.3. The summed E-state index contributed by atoms with van der Waals surface area (Å²) >= 11 is 0. The van der Waals surface area contributed by atoms with Crippen LogP contribution < -0.4 is 4.90 Å². The van der Waals surface area contributed by atoms with E-state index in [2.05, 4.69) is 181 Å². The standard InChI is InChI=1S/C49H32N2O/c1-3-12-33(13-4-1)34-22-27-39(28-23-34)51(45-20-11-21-46-48(45)43-32-38-17-8-10-19-44(38)50-49(43)52-46)40-29-24-37(25-30-40)47-41-18-9-7-16-36(41)26-31-42(47)35-14-5-2-6-15-35/h1-32H. The number of hydrogen-bond donors (Lipinski definition) is 0. The van der Waals surface area contributed by atoms with E-state index in [0.717, 1.165) is 44.3 Å². The van der Waals surface area contributed by atoms with Crippen molar-refractivity contribution in [1.82, 2.24) is 4.98 Å². The highest BCUT2D eigenvalue weighted by molar-refractivity contribution is 6.15. The minimum atomic E-state index is 0.639. The van der Waals surface area contributed by atoms with Gasteiger partial charge >= 0.3 is 0 Å². The van der Waals surface area contributed by atoms with Crippen molar-refractivity contribution in [1.29, 1.82) is 0 Å². The van der Waals surface area contributed by atoms with Crippen LogP contribution in [0.25, 0.3) is 77.1 Å². The predicted molar refractivity (Wildman–Crippen MR) is 218 cm³/mol. The van der Waals surface area contributed by atoms with E-state index in [1.165, 1.54) is 44.2 Å². The molecule has 3 nitrogen and oxygen atoms in total. The molecule has 52 heavy (non-hydrogen) atoms. The first kappa shape index (κ1) is 29.9. The van der Waals surface area contributed by atoms with Crippen LogP contribution in [0.4, 0.5) is 17.1 Å². The van der Waals surface area contributed by atoms with Crippen molar-refractivity contribution in [3.63, 3.8) is 0 Å². The maximum atomic E-state index is 6.44. The first-order chi connectivity index (χ1) is 25.8. The van der Waals surface area contributed by atoms with E-state index in [9.17, 15) is 0 Å². The fourth-order valence-electron chi connectivity index (χ4n) is 7.60. The zero-order chi connectivity index (χ0) is 34.4. The molecule has 3 heteroatoms. The molecule has 0 amide bonds. The van der Waals surface area contributed by atoms with Crippen LogP contribution in [0.5, 0.6) is 0 Å². The van der Waals surface area contributed by atoms with Gasteiger partial charge in [-0.1, -0.05) is 146 Å². The fourth-order valence-corrected chi connectivity index (χ4v) is 7.60. The van der Waals surface area contributed by atoms with Crippen LogP contribution in [0, 0.1) is 0 Å². The molecule has 0 aliphatic rings. The molecular formula is C49H32N2O. The Morgan fingerprint density at radius 3 is 1.79 bits per heavy atom. The second kappa shape index (κ2) is 12.4. The zero-order valence-corrected chi connectivity index (χ0v) is 28.3. The van der Waals surface area contributed by atoms with Gasteiger partial charge in [0.25, 0.3) is 0 Å². The second-order valence-corrected chi connectivity index (χ2v) is 13.2. The van der Waals surface area contributed by atoms with E-state index >= 15 is 0 Å². The lowest BCUT2D eigenvalue weighted by molar-refractivity contribution is 0.656. The number of anilines is 3. The van der Waals surface area contributed by atoms with E-state index in [4.69, 9.17) is 9.40 Å². The molecule has 0 saturated heterocycles. The molecule has 0 N–H and O–H groups in total. The summed E-state index contributed by atoms with van der Waals surface area (Å²) in [5.74, 6) is 0. The van der Waals surface area contributed by atoms with E-state index in [0.29, 0.717) is 5.71 Å². The maximum Gasteiger partial charge on any atom is 0.227 e. The van der Waals surface area contributed by atoms with Crippen molar-refractivity contribution < 1.29 is 4.42 Å². The summed E-state index contributed by atoms with van der Waals surface area (Å²) in [5.41, 5.74) is 12.7. The van der Waals surface area contributed by atoms with Crippen LogP contribution in [-0.2, 0) is 0 Å². The summed E-state index contributed by atoms with van der Waals surface area (Å²) in [6, 6.07) is 68.9. The molecule has 0 aliphatic heterocycles. The van der Waals surface area contributed by atoms with Crippen LogP contribution in [0.1, 0.15) is 0 Å². The van der Waals surface area contributed by atoms with Gasteiger partial charge in [0.1, 0.15) is 5.58 Å². The van der Waals surface area contributed by atoms with E-state index in [1.807, 2.05) is 18.2 Å². The van der Waals surface area contributed by atoms with E-state index in [-0.39, 0.29) is 0 Å². The molecule has 0 unspecified atom stereocenters. The van der Waals surface area contributed by atoms with Crippen molar-refractivity contribution in [2.45, 2.75) is 0 Å². The molecule has 0 spiro atoms. The van der Waals surface area contributed by atoms with E-state index < -0.39 is 0 Å². The molecule has 2 aromatic heterocycles. The first-order valence-electron chi connectivity index (χ1n) is 17.6. The molecule has 8 aromatic carbocycles. The third kappa shape index (κ3) is 5.10. The minimum absolute atomic E-state index is 0.639. The average molecular weight is 665 g/mol. The van der Waals surface area contributed by atoms with Crippen molar-refractivity contribution in [3.05, 3.63) is 194 Å². The Kier molecular flexibility index (Phi) is 7.14. The maximum absolute atomic E-state index is 6.44. The highest BCUT2D eigenvalue weighted by Gasteiger charge is 2.21. The normalized spacial score (nSPS) is 11.5. The van der Waals surface area contributed by atoms with Gasteiger partial charge in [0, 0.05) is 16.8 Å². The predicted octanol–water partition coefficient (Wildman–Crippen LogP) is 13.8. The van der Waals surface area contributed by atoms with Crippen molar-refractivity contribution >= 4 is 60.8 Å². The molecule has 10 rings (SSSR count).